The molecule has 4 aliphatic heterocycles. The van der Waals surface area contributed by atoms with Gasteiger partial charge in [0.05, 0.1) is 26.2 Å². The summed E-state index contributed by atoms with van der Waals surface area (Å²) in [4.78, 5) is 30.2. The topological polar surface area (TPSA) is 329 Å². The van der Waals surface area contributed by atoms with Gasteiger partial charge in [-0.1, -0.05) is 130 Å². The van der Waals surface area contributed by atoms with E-state index in [4.69, 9.17) is 34.3 Å². The second-order valence-corrected chi connectivity index (χ2v) is 35.9. The maximum atomic E-state index is 12.8. The number of benzene rings is 8. The third-order valence-corrected chi connectivity index (χ3v) is 27.5. The normalized spacial score (nSPS) is 13.9. The summed E-state index contributed by atoms with van der Waals surface area (Å²) in [6.07, 6.45) is 34.8. The molecule has 1 radical (unpaired) electrons. The Labute approximate surface area is 637 Å². The van der Waals surface area contributed by atoms with Crippen molar-refractivity contribution < 1.29 is 63.5 Å². The standard InChI is InChI=1S/C48H24N8O12S4.C32H68N.Ga.H2O/c57-67-68-69-37-9-1-5-21-13-29-33(17-25(21)37)45-49-41(29)51-46-35-19-27-23(7-3-11-39(27)71(61,62)63)15-31(35)43(53-46)55-48-36-20-28-24(8-4-12-40(28)72(64,65)66)16-32(36)44(56-48)54-47-34-18-26-22(14-30(34)42(50-45)52-47)6-2-10-38(26)70(58,59)60;1-5-9-13-17-21-25-29-33(30-26-22-18-14-10-6-2,31-27-23-19-15-11-7-3)32-28-24-20-16-12-8-4;;/h1-20H,(H4-2,49,50,51,52,53,54,55,56,57,58,59,60,61,62,63,64,65,66);5-32H2,1-4H3;;1H2/q-2;+1;+2;/p-4. The van der Waals surface area contributed by atoms with Crippen LogP contribution in [0.5, 0.6) is 0 Å². The van der Waals surface area contributed by atoms with Crippen LogP contribution in [0.4, 0.5) is 11.6 Å². The van der Waals surface area contributed by atoms with Gasteiger partial charge >= 0.3 is 424 Å². The summed E-state index contributed by atoms with van der Waals surface area (Å²) in [5.74, 6) is 1.07. The Hall–Kier alpha value is -7.32. The van der Waals surface area contributed by atoms with Gasteiger partial charge in [0.25, 0.3) is 0 Å². The third kappa shape index (κ3) is 17.3. The molecule has 14 rings (SSSR count). The second kappa shape index (κ2) is 34.7. The molecule has 6 bridgehead atoms. The number of quaternary nitrogens is 1. The van der Waals surface area contributed by atoms with Crippen molar-refractivity contribution in [2.75, 3.05) is 26.2 Å². The van der Waals surface area contributed by atoms with Crippen LogP contribution in [0.2, 0.25) is 0 Å². The number of unbranched alkanes of at least 4 members (excludes halogenated alkanes) is 20. The molecule has 0 amide bonds. The van der Waals surface area contributed by atoms with E-state index in [-0.39, 0.29) is 62.1 Å². The fourth-order valence-electron chi connectivity index (χ4n) is 15.7. The first kappa shape index (κ1) is 79.2. The van der Waals surface area contributed by atoms with E-state index in [9.17, 15) is 44.2 Å². The van der Waals surface area contributed by atoms with Crippen molar-refractivity contribution in [3.8, 4) is 0 Å². The number of aromatic nitrogens is 2. The predicted molar refractivity (Wildman–Crippen MR) is 420 cm³/mol. The van der Waals surface area contributed by atoms with Gasteiger partial charge in [-0.3, -0.25) is 0 Å². The molecule has 0 saturated carbocycles. The van der Waals surface area contributed by atoms with E-state index in [0.29, 0.717) is 93.2 Å². The van der Waals surface area contributed by atoms with Crippen LogP contribution < -0.4 is 16.2 Å². The number of amidine groups is 4. The van der Waals surface area contributed by atoms with E-state index in [2.05, 4.69) is 32.7 Å². The molecular formula is C80H90GaN9O13S4-3. The molecule has 0 spiro atoms. The average Bonchev–Trinajstić information content (AvgIpc) is 1.55. The molecule has 2 N–H and O–H groups in total. The molecule has 563 valence electrons. The van der Waals surface area contributed by atoms with Gasteiger partial charge in [0.1, 0.15) is 0 Å². The third-order valence-electron chi connectivity index (χ3n) is 21.2. The summed E-state index contributed by atoms with van der Waals surface area (Å²) >= 11 is -1.74. The zero-order valence-corrected chi connectivity index (χ0v) is 66.7. The molecule has 0 atom stereocenters. The summed E-state index contributed by atoms with van der Waals surface area (Å²) in [5, 5.41) is 19.1. The SMILES string of the molecule is CCCCCCCC[N+](CCCCCCCC)(CCCCCCCC)CCCCCCCC.O.O=S(=O)([O-])c1cccc2cc3c(cc12)C1=Nc2c4cc5cccc(S(=O)(=O)[O-])c5cc4c4[n]2[Ga][n]2c(c5cc6cccc(S(=O)(=O)[O-])c6cc5c2=NC3=N1)=NC1=NC(=N4)c2cc3cccc(SOO[O-])c3cc21. The Morgan fingerprint density at radius 1 is 0.374 bits per heavy atom. The Balaban J connectivity index is 0.000000269. The van der Waals surface area contributed by atoms with Crippen molar-refractivity contribution in [1.29, 1.82) is 0 Å². The van der Waals surface area contributed by atoms with E-state index >= 15 is 0 Å². The summed E-state index contributed by atoms with van der Waals surface area (Å²) in [5.41, 5.74) is 2.28. The van der Waals surface area contributed by atoms with Crippen LogP contribution in [-0.2, 0) is 39.7 Å². The molecule has 6 heterocycles. The number of fused-ring (bicyclic) bond motifs is 18. The summed E-state index contributed by atoms with van der Waals surface area (Å²) < 4.78 is 125. The molecule has 0 fully saturated rings. The van der Waals surface area contributed by atoms with Gasteiger partial charge in [-0.2, -0.15) is 0 Å². The van der Waals surface area contributed by atoms with Gasteiger partial charge in [0, 0.05) is 0 Å². The van der Waals surface area contributed by atoms with Crippen molar-refractivity contribution in [2.45, 2.75) is 201 Å². The van der Waals surface area contributed by atoms with Crippen molar-refractivity contribution in [2.24, 2.45) is 30.0 Å². The summed E-state index contributed by atoms with van der Waals surface area (Å²) in [6, 6.07) is 31.7. The Kier molecular flexibility index (Phi) is 25.7. The average molecular weight is 1580 g/mol. The zero-order chi connectivity index (χ0) is 74.3. The molecule has 107 heavy (non-hydrogen) atoms. The zero-order valence-electron chi connectivity index (χ0n) is 61.0. The fourth-order valence-corrected chi connectivity index (χ4v) is 21.3. The van der Waals surface area contributed by atoms with Crippen molar-refractivity contribution in [3.05, 3.63) is 155 Å². The molecular weight excluding hydrogens is 1490 g/mol. The van der Waals surface area contributed by atoms with Crippen LogP contribution in [0, 0.1) is 0 Å². The van der Waals surface area contributed by atoms with Crippen molar-refractivity contribution in [1.82, 2.24) is 6.55 Å². The molecule has 2 aromatic heterocycles. The molecule has 0 saturated heterocycles. The van der Waals surface area contributed by atoms with Gasteiger partial charge in [-0.05, 0) is 51.4 Å². The van der Waals surface area contributed by atoms with E-state index in [1.54, 1.807) is 60.7 Å². The van der Waals surface area contributed by atoms with E-state index in [1.165, 1.54) is 227 Å². The Morgan fingerprint density at radius 2 is 0.701 bits per heavy atom. The van der Waals surface area contributed by atoms with E-state index in [1.807, 2.05) is 24.7 Å². The minimum atomic E-state index is -5.02. The number of hydrogen-bond acceptors (Lipinski definition) is 19. The van der Waals surface area contributed by atoms with Crippen LogP contribution in [0.1, 0.15) is 204 Å². The summed E-state index contributed by atoms with van der Waals surface area (Å²) in [6.45, 7) is 15.3. The molecule has 27 heteroatoms. The second-order valence-electron chi connectivity index (χ2n) is 28.5. The van der Waals surface area contributed by atoms with Crippen LogP contribution in [0.15, 0.2) is 171 Å². The van der Waals surface area contributed by atoms with Gasteiger partial charge in [0.2, 0.25) is 0 Å². The van der Waals surface area contributed by atoms with Gasteiger partial charge in [-0.25, -0.2) is 0 Å². The summed E-state index contributed by atoms with van der Waals surface area (Å²) in [7, 11) is -15.0. The maximum absolute atomic E-state index is 12.8. The van der Waals surface area contributed by atoms with Crippen LogP contribution in [0.3, 0.4) is 0 Å². The Bertz CT molecular complexity index is 5590. The molecule has 4 aliphatic rings. The number of hydrogen-bond donors (Lipinski definition) is 0. The molecule has 10 aromatic rings. The van der Waals surface area contributed by atoms with Crippen LogP contribution in [-0.4, -0.2) is 123 Å². The van der Waals surface area contributed by atoms with Crippen molar-refractivity contribution >= 4 is 160 Å². The fraction of sp³-hybridized carbons (Fsp3) is 0.400. The number of rotatable bonds is 34. The molecule has 0 unspecified atom stereocenters. The molecule has 8 aromatic carbocycles. The molecule has 0 aliphatic carbocycles. The van der Waals surface area contributed by atoms with Gasteiger partial charge in [0.15, 0.2) is 0 Å². The first-order valence-electron chi connectivity index (χ1n) is 37.6. The van der Waals surface area contributed by atoms with Gasteiger partial charge < -0.3 is 9.96 Å². The minimum absolute atomic E-state index is 0. The first-order chi connectivity index (χ1) is 51.2. The monoisotopic (exact) mass is 1580 g/mol. The first-order valence-corrected chi connectivity index (χ1v) is 44.7. The van der Waals surface area contributed by atoms with Gasteiger partial charge in [-0.15, -0.1) is 0 Å². The van der Waals surface area contributed by atoms with E-state index in [0.717, 1.165) is 0 Å². The van der Waals surface area contributed by atoms with Crippen molar-refractivity contribution in [3.63, 3.8) is 0 Å². The number of aliphatic imine (C=N–C) groups is 4. The predicted octanol–water partition coefficient (Wildman–Crippen LogP) is 15.4. The van der Waals surface area contributed by atoms with E-state index < -0.39 is 62.9 Å². The number of nitrogens with zero attached hydrogens (tertiary/aromatic N) is 9. The van der Waals surface area contributed by atoms with Crippen LogP contribution in [0.25, 0.3) is 64.6 Å². The quantitative estimate of drug-likeness (QED) is 0.00689. The van der Waals surface area contributed by atoms with Crippen LogP contribution >= 0.6 is 12.0 Å². The Morgan fingerprint density at radius 3 is 1.12 bits per heavy atom. The molecule has 22 nitrogen and oxygen atoms in total.